The van der Waals surface area contributed by atoms with Gasteiger partial charge in [0, 0.05) is 12.5 Å². The van der Waals surface area contributed by atoms with Crippen LogP contribution in [0, 0.1) is 18.2 Å². The second-order valence-corrected chi connectivity index (χ2v) is 2.89. The number of hydrogen-bond donors (Lipinski definition) is 1. The summed E-state index contributed by atoms with van der Waals surface area (Å²) in [7, 11) is 0. The Morgan fingerprint density at radius 2 is 1.88 bits per heavy atom. The molecule has 0 aliphatic rings. The SMILES string of the molecule is C#CC(O)(OC(C)=O)c1ccc(F)cc1.CC. The summed E-state index contributed by atoms with van der Waals surface area (Å²) < 4.78 is 17.2. The number of ether oxygens (including phenoxy) is 1. The summed E-state index contributed by atoms with van der Waals surface area (Å²) in [5, 5.41) is 9.75. The maximum absolute atomic E-state index is 12.6. The molecule has 0 heterocycles. The molecule has 1 unspecified atom stereocenters. The molecule has 0 saturated heterocycles. The molecule has 17 heavy (non-hydrogen) atoms. The summed E-state index contributed by atoms with van der Waals surface area (Å²) in [6.07, 6.45) is 5.05. The molecule has 92 valence electrons. The van der Waals surface area contributed by atoms with Crippen molar-refractivity contribution in [2.24, 2.45) is 0 Å². The van der Waals surface area contributed by atoms with Gasteiger partial charge in [0.2, 0.25) is 0 Å². The van der Waals surface area contributed by atoms with Crippen LogP contribution < -0.4 is 0 Å². The third kappa shape index (κ3) is 4.25. The molecule has 0 fully saturated rings. The first-order valence-corrected chi connectivity index (χ1v) is 5.14. The Morgan fingerprint density at radius 1 is 1.41 bits per heavy atom. The van der Waals surface area contributed by atoms with Gasteiger partial charge in [-0.05, 0) is 30.2 Å². The van der Waals surface area contributed by atoms with Crippen molar-refractivity contribution in [2.75, 3.05) is 0 Å². The average Bonchev–Trinajstić information content (AvgIpc) is 2.31. The molecule has 1 N–H and O–H groups in total. The Kier molecular flexibility index (Phi) is 5.94. The molecule has 0 aromatic heterocycles. The molecule has 1 rings (SSSR count). The quantitative estimate of drug-likeness (QED) is 0.488. The predicted octanol–water partition coefficient (Wildman–Crippen LogP) is 2.19. The topological polar surface area (TPSA) is 46.5 Å². The lowest BCUT2D eigenvalue weighted by Gasteiger charge is -2.21. The van der Waals surface area contributed by atoms with Crippen LogP contribution in [0.4, 0.5) is 4.39 Å². The van der Waals surface area contributed by atoms with Gasteiger partial charge in [0.15, 0.2) is 0 Å². The van der Waals surface area contributed by atoms with Crippen LogP contribution in [0.25, 0.3) is 0 Å². The highest BCUT2D eigenvalue weighted by molar-refractivity contribution is 5.67. The maximum Gasteiger partial charge on any atom is 0.306 e. The molecule has 0 amide bonds. The van der Waals surface area contributed by atoms with Crippen LogP contribution in [0.1, 0.15) is 26.3 Å². The van der Waals surface area contributed by atoms with E-state index in [9.17, 15) is 14.3 Å². The number of rotatable bonds is 2. The molecule has 3 nitrogen and oxygen atoms in total. The predicted molar refractivity (Wildman–Crippen MR) is 62.2 cm³/mol. The molecule has 4 heteroatoms. The van der Waals surface area contributed by atoms with E-state index >= 15 is 0 Å². The Bertz CT molecular complexity index is 406. The molecule has 1 aromatic carbocycles. The van der Waals surface area contributed by atoms with Crippen LogP contribution in [0.2, 0.25) is 0 Å². The number of benzene rings is 1. The zero-order valence-corrected chi connectivity index (χ0v) is 10.0. The number of carbonyl (C=O) groups excluding carboxylic acids is 1. The monoisotopic (exact) mass is 238 g/mol. The third-order valence-electron chi connectivity index (χ3n) is 1.72. The van der Waals surface area contributed by atoms with E-state index in [-0.39, 0.29) is 5.56 Å². The van der Waals surface area contributed by atoms with Gasteiger partial charge >= 0.3 is 11.8 Å². The fraction of sp³-hybridized carbons (Fsp3) is 0.308. The molecule has 0 spiro atoms. The molecule has 0 saturated carbocycles. The Morgan fingerprint density at radius 3 is 2.24 bits per heavy atom. The van der Waals surface area contributed by atoms with Crippen molar-refractivity contribution in [1.29, 1.82) is 0 Å². The van der Waals surface area contributed by atoms with Gasteiger partial charge in [-0.1, -0.05) is 13.8 Å². The lowest BCUT2D eigenvalue weighted by Crippen LogP contribution is -2.29. The zero-order chi connectivity index (χ0) is 13.5. The molecular weight excluding hydrogens is 223 g/mol. The maximum atomic E-state index is 12.6. The highest BCUT2D eigenvalue weighted by atomic mass is 19.1. The van der Waals surface area contributed by atoms with Gasteiger partial charge < -0.3 is 9.84 Å². The first kappa shape index (κ1) is 15.1. The summed E-state index contributed by atoms with van der Waals surface area (Å²) >= 11 is 0. The molecule has 1 atom stereocenters. The van der Waals surface area contributed by atoms with E-state index in [1.54, 1.807) is 0 Å². The fourth-order valence-electron chi connectivity index (χ4n) is 1.06. The number of aliphatic hydroxyl groups is 1. The second-order valence-electron chi connectivity index (χ2n) is 2.89. The van der Waals surface area contributed by atoms with Gasteiger partial charge in [-0.25, -0.2) is 4.39 Å². The van der Waals surface area contributed by atoms with Crippen molar-refractivity contribution in [1.82, 2.24) is 0 Å². The first-order chi connectivity index (χ1) is 7.98. The normalized spacial score (nSPS) is 12.5. The van der Waals surface area contributed by atoms with Gasteiger partial charge in [-0.2, -0.15) is 0 Å². The van der Waals surface area contributed by atoms with Gasteiger partial charge in [0.25, 0.3) is 0 Å². The number of carbonyl (C=O) groups is 1. The van der Waals surface area contributed by atoms with E-state index < -0.39 is 17.6 Å². The van der Waals surface area contributed by atoms with E-state index in [2.05, 4.69) is 4.74 Å². The van der Waals surface area contributed by atoms with Crippen molar-refractivity contribution in [3.63, 3.8) is 0 Å². The van der Waals surface area contributed by atoms with E-state index in [1.165, 1.54) is 12.1 Å². The summed E-state index contributed by atoms with van der Waals surface area (Å²) in [5.74, 6) is -1.40. The lowest BCUT2D eigenvalue weighted by molar-refractivity contribution is -0.188. The first-order valence-electron chi connectivity index (χ1n) is 5.14. The van der Waals surface area contributed by atoms with Gasteiger partial charge in [-0.3, -0.25) is 4.79 Å². The van der Waals surface area contributed by atoms with Crippen LogP contribution in [-0.4, -0.2) is 11.1 Å². The van der Waals surface area contributed by atoms with Crippen LogP contribution in [0.5, 0.6) is 0 Å². The summed E-state index contributed by atoms with van der Waals surface area (Å²) in [6.45, 7) is 5.12. The van der Waals surface area contributed by atoms with Crippen molar-refractivity contribution in [2.45, 2.75) is 26.6 Å². The standard InChI is InChI=1S/C11H9FO3.C2H6/c1-3-11(14,15-8(2)13)9-4-6-10(12)7-5-9;1-2/h1,4-7,14H,2H3;1-2H3. The molecule has 0 aliphatic heterocycles. The Balaban J connectivity index is 0.00000121. The number of hydrogen-bond acceptors (Lipinski definition) is 3. The van der Waals surface area contributed by atoms with Crippen LogP contribution in [0.15, 0.2) is 24.3 Å². The van der Waals surface area contributed by atoms with Crippen LogP contribution >= 0.6 is 0 Å². The van der Waals surface area contributed by atoms with Crippen molar-refractivity contribution in [3.8, 4) is 12.3 Å². The van der Waals surface area contributed by atoms with E-state index in [4.69, 9.17) is 6.42 Å². The highest BCUT2D eigenvalue weighted by Gasteiger charge is 2.30. The van der Waals surface area contributed by atoms with Crippen LogP contribution in [-0.2, 0) is 15.3 Å². The van der Waals surface area contributed by atoms with Gasteiger partial charge in [0.1, 0.15) is 5.82 Å². The molecule has 0 bridgehead atoms. The van der Waals surface area contributed by atoms with Gasteiger partial charge in [0.05, 0.1) is 0 Å². The zero-order valence-electron chi connectivity index (χ0n) is 10.0. The highest BCUT2D eigenvalue weighted by Crippen LogP contribution is 2.22. The van der Waals surface area contributed by atoms with Crippen LogP contribution in [0.3, 0.4) is 0 Å². The minimum atomic E-state index is -2.14. The summed E-state index contributed by atoms with van der Waals surface area (Å²) in [6, 6.07) is 4.72. The van der Waals surface area contributed by atoms with E-state index in [1.807, 2.05) is 19.8 Å². The van der Waals surface area contributed by atoms with Crippen molar-refractivity contribution >= 4 is 5.97 Å². The third-order valence-corrected chi connectivity index (χ3v) is 1.72. The van der Waals surface area contributed by atoms with E-state index in [0.29, 0.717) is 0 Å². The summed E-state index contributed by atoms with van der Waals surface area (Å²) in [5.41, 5.74) is 0.126. The lowest BCUT2D eigenvalue weighted by atomic mass is 10.1. The van der Waals surface area contributed by atoms with E-state index in [0.717, 1.165) is 19.1 Å². The van der Waals surface area contributed by atoms with Crippen molar-refractivity contribution in [3.05, 3.63) is 35.6 Å². The number of esters is 1. The molecule has 1 aromatic rings. The van der Waals surface area contributed by atoms with Crippen molar-refractivity contribution < 1.29 is 19.0 Å². The molecule has 0 radical (unpaired) electrons. The minimum absolute atomic E-state index is 0.126. The molecular formula is C13H15FO3. The second kappa shape index (κ2) is 6.66. The largest absolute Gasteiger partial charge is 0.417 e. The fourth-order valence-corrected chi connectivity index (χ4v) is 1.06. The minimum Gasteiger partial charge on any atom is -0.417 e. The smallest absolute Gasteiger partial charge is 0.306 e. The number of terminal acetylenes is 1. The average molecular weight is 238 g/mol. The Labute approximate surface area is 100 Å². The Hall–Kier alpha value is -1.86. The van der Waals surface area contributed by atoms with Gasteiger partial charge in [-0.15, -0.1) is 6.42 Å². The number of halogens is 1. The molecule has 0 aliphatic carbocycles. The summed E-state index contributed by atoms with van der Waals surface area (Å²) in [4.78, 5) is 10.7.